The zero-order valence-electron chi connectivity index (χ0n) is 21.8. The summed E-state index contributed by atoms with van der Waals surface area (Å²) in [7, 11) is 0.536. The zero-order valence-corrected chi connectivity index (χ0v) is 21.8. The lowest BCUT2D eigenvalue weighted by Crippen LogP contribution is -2.46. The number of para-hydroxylation sites is 1. The van der Waals surface area contributed by atoms with Crippen molar-refractivity contribution in [2.75, 3.05) is 13.7 Å². The van der Waals surface area contributed by atoms with Crippen LogP contribution in [0.1, 0.15) is 44.1 Å². The molecule has 2 aromatic rings. The van der Waals surface area contributed by atoms with Gasteiger partial charge in [-0.2, -0.15) is 0 Å². The van der Waals surface area contributed by atoms with Gasteiger partial charge in [0.15, 0.2) is 0 Å². The Morgan fingerprint density at radius 3 is 2.66 bits per heavy atom. The molecule has 0 saturated carbocycles. The van der Waals surface area contributed by atoms with E-state index in [0.717, 1.165) is 28.9 Å². The minimum absolute atomic E-state index is 0.148. The maximum absolute atomic E-state index is 13.1. The number of aliphatic hydroxyl groups excluding tert-OH is 1. The van der Waals surface area contributed by atoms with Gasteiger partial charge in [0.2, 0.25) is 11.8 Å². The highest BCUT2D eigenvalue weighted by atomic mass is 16.5. The lowest BCUT2D eigenvalue weighted by atomic mass is 9.58. The van der Waals surface area contributed by atoms with Crippen LogP contribution in [0, 0.1) is 17.8 Å². The fraction of sp³-hybridized carbons (Fsp3) is 0.448. The lowest BCUT2D eigenvalue weighted by molar-refractivity contribution is -0.138. The second-order valence-corrected chi connectivity index (χ2v) is 10.3. The van der Waals surface area contributed by atoms with Crippen molar-refractivity contribution >= 4 is 25.0 Å². The van der Waals surface area contributed by atoms with Crippen molar-refractivity contribution in [2.45, 2.75) is 51.6 Å². The monoisotopic (exact) mass is 519 g/mol. The molecule has 4 atom stereocenters. The van der Waals surface area contributed by atoms with Crippen LogP contribution in [0.3, 0.4) is 0 Å². The number of imide groups is 1. The predicted octanol–water partition coefficient (Wildman–Crippen LogP) is 3.85. The normalized spacial score (nSPS) is 25.6. The molecule has 9 heteroatoms. The number of carbonyl (C=O) groups is 2. The molecule has 2 saturated heterocycles. The first kappa shape index (κ1) is 26.5. The van der Waals surface area contributed by atoms with Gasteiger partial charge in [0, 0.05) is 7.05 Å². The summed E-state index contributed by atoms with van der Waals surface area (Å²) in [5.74, 6) is 0.399. The third-order valence-electron chi connectivity index (χ3n) is 8.05. The summed E-state index contributed by atoms with van der Waals surface area (Å²) < 4.78 is 17.8. The van der Waals surface area contributed by atoms with Crippen molar-refractivity contribution < 1.29 is 33.5 Å². The molecule has 1 aliphatic carbocycles. The van der Waals surface area contributed by atoms with E-state index in [1.54, 1.807) is 13.1 Å². The summed E-state index contributed by atoms with van der Waals surface area (Å²) in [6.45, 7) is 2.22. The van der Waals surface area contributed by atoms with E-state index < -0.39 is 25.1 Å². The van der Waals surface area contributed by atoms with E-state index in [-0.39, 0.29) is 30.7 Å². The highest BCUT2D eigenvalue weighted by molar-refractivity contribution is 6.43. The van der Waals surface area contributed by atoms with Crippen molar-refractivity contribution in [1.82, 2.24) is 4.90 Å². The molecule has 2 fully saturated rings. The summed E-state index contributed by atoms with van der Waals surface area (Å²) in [5, 5.41) is 20.0. The summed E-state index contributed by atoms with van der Waals surface area (Å²) in [4.78, 5) is 27.4. The van der Waals surface area contributed by atoms with Gasteiger partial charge < -0.3 is 23.9 Å². The molecule has 200 valence electrons. The molecule has 38 heavy (non-hydrogen) atoms. The van der Waals surface area contributed by atoms with Crippen molar-refractivity contribution in [3.63, 3.8) is 0 Å². The minimum Gasteiger partial charge on any atom is -0.489 e. The average Bonchev–Trinajstić information content (AvgIpc) is 3.48. The van der Waals surface area contributed by atoms with Crippen LogP contribution >= 0.6 is 0 Å². The Hall–Kier alpha value is -3.14. The molecule has 0 bridgehead atoms. The number of likely N-dealkylation sites (tertiary alicyclic amines) is 1. The smallest absolute Gasteiger partial charge is 0.455 e. The fourth-order valence-corrected chi connectivity index (χ4v) is 6.17. The van der Waals surface area contributed by atoms with Crippen LogP contribution in [-0.2, 0) is 20.9 Å². The van der Waals surface area contributed by atoms with Crippen LogP contribution < -0.4 is 4.74 Å². The number of carbonyl (C=O) groups excluding carboxylic acids is 2. The van der Waals surface area contributed by atoms with Crippen LogP contribution in [0.25, 0.3) is 6.08 Å². The number of allylic oxidation sites excluding steroid dienone is 1. The molecule has 2 amide bonds. The predicted molar refractivity (Wildman–Crippen MR) is 142 cm³/mol. The highest BCUT2D eigenvalue weighted by Crippen LogP contribution is 2.50. The lowest BCUT2D eigenvalue weighted by Gasteiger charge is -2.43. The second kappa shape index (κ2) is 11.3. The SMILES string of the molecule is CC/C(=C\c1ccc(CO)o1)CC[C@H]1OB(O)C[C@H]2C1=C(COc1ccccc1)C[C@H]1C(=O)N(C)C(=O)[C@H]12. The fourth-order valence-electron chi connectivity index (χ4n) is 6.17. The van der Waals surface area contributed by atoms with Gasteiger partial charge in [-0.05, 0) is 79.4 Å². The first-order chi connectivity index (χ1) is 18.4. The molecular formula is C29H34BNO7. The Balaban J connectivity index is 1.43. The second-order valence-electron chi connectivity index (χ2n) is 10.3. The van der Waals surface area contributed by atoms with E-state index in [0.29, 0.717) is 37.4 Å². The number of amides is 2. The Labute approximate surface area is 223 Å². The van der Waals surface area contributed by atoms with Gasteiger partial charge in [-0.25, -0.2) is 0 Å². The molecule has 8 nitrogen and oxygen atoms in total. The topological polar surface area (TPSA) is 109 Å². The number of hydrogen-bond donors (Lipinski definition) is 2. The number of furan rings is 1. The van der Waals surface area contributed by atoms with E-state index in [4.69, 9.17) is 13.8 Å². The van der Waals surface area contributed by atoms with Gasteiger partial charge >= 0.3 is 7.12 Å². The summed E-state index contributed by atoms with van der Waals surface area (Å²) in [6, 6.07) is 13.1. The van der Waals surface area contributed by atoms with E-state index in [2.05, 4.69) is 6.92 Å². The van der Waals surface area contributed by atoms with Gasteiger partial charge in [-0.15, -0.1) is 0 Å². The standard InChI is InChI=1S/C29H34BNO7/c1-3-18(13-21-10-11-22(16-32)37-21)9-12-25-26-19(17-36-20-7-5-4-6-8-20)14-23-27(24(26)15-30(35)38-25)29(34)31(2)28(23)33/h4-8,10-11,13,23-25,27,32,35H,3,9,12,14-17H2,1-2H3/b18-13+/t23-,24+,25-,27-/m1/s1. The van der Waals surface area contributed by atoms with Crippen LogP contribution in [0.15, 0.2) is 63.6 Å². The molecule has 5 rings (SSSR count). The molecule has 1 aromatic carbocycles. The third kappa shape index (κ3) is 5.23. The Kier molecular flexibility index (Phi) is 7.88. The third-order valence-corrected chi connectivity index (χ3v) is 8.05. The summed E-state index contributed by atoms with van der Waals surface area (Å²) >= 11 is 0. The number of rotatable bonds is 9. The summed E-state index contributed by atoms with van der Waals surface area (Å²) in [6.07, 6.45) is 4.43. The molecule has 2 aliphatic heterocycles. The van der Waals surface area contributed by atoms with Gasteiger partial charge in [0.1, 0.15) is 30.5 Å². The summed E-state index contributed by atoms with van der Waals surface area (Å²) in [5.41, 5.74) is 3.13. The minimum atomic E-state index is -1.01. The first-order valence-electron chi connectivity index (χ1n) is 13.3. The van der Waals surface area contributed by atoms with Crippen LogP contribution in [-0.4, -0.2) is 53.7 Å². The van der Waals surface area contributed by atoms with E-state index in [9.17, 15) is 19.7 Å². The van der Waals surface area contributed by atoms with Crippen molar-refractivity contribution in [3.05, 3.63) is 70.7 Å². The van der Waals surface area contributed by atoms with Gasteiger partial charge in [0.25, 0.3) is 0 Å². The van der Waals surface area contributed by atoms with Gasteiger partial charge in [-0.3, -0.25) is 14.5 Å². The molecule has 0 radical (unpaired) electrons. The van der Waals surface area contributed by atoms with Crippen LogP contribution in [0.2, 0.25) is 6.32 Å². The van der Waals surface area contributed by atoms with Crippen LogP contribution in [0.4, 0.5) is 0 Å². The average molecular weight is 519 g/mol. The number of benzene rings is 1. The van der Waals surface area contributed by atoms with Crippen molar-refractivity contribution in [3.8, 4) is 5.75 Å². The Morgan fingerprint density at radius 2 is 1.95 bits per heavy atom. The first-order valence-corrected chi connectivity index (χ1v) is 13.3. The molecular weight excluding hydrogens is 485 g/mol. The maximum Gasteiger partial charge on any atom is 0.455 e. The quantitative estimate of drug-likeness (QED) is 0.294. The molecule has 0 spiro atoms. The van der Waals surface area contributed by atoms with E-state index >= 15 is 0 Å². The van der Waals surface area contributed by atoms with Gasteiger partial charge in [0.05, 0.1) is 17.9 Å². The zero-order chi connectivity index (χ0) is 26.8. The number of fused-ring (bicyclic) bond motifs is 3. The molecule has 1 aromatic heterocycles. The highest BCUT2D eigenvalue weighted by Gasteiger charge is 2.56. The van der Waals surface area contributed by atoms with Crippen LogP contribution in [0.5, 0.6) is 5.75 Å². The Morgan fingerprint density at radius 1 is 1.16 bits per heavy atom. The van der Waals surface area contributed by atoms with Crippen molar-refractivity contribution in [1.29, 1.82) is 0 Å². The van der Waals surface area contributed by atoms with E-state index in [1.165, 1.54) is 4.90 Å². The number of aliphatic hydroxyl groups is 1. The molecule has 0 unspecified atom stereocenters. The molecule has 3 aliphatic rings. The molecule has 3 heterocycles. The van der Waals surface area contributed by atoms with E-state index in [1.807, 2.05) is 42.5 Å². The van der Waals surface area contributed by atoms with Crippen molar-refractivity contribution in [2.24, 2.45) is 17.8 Å². The largest absolute Gasteiger partial charge is 0.489 e. The number of nitrogens with zero attached hydrogens (tertiary/aromatic N) is 1. The number of ether oxygens (including phenoxy) is 1. The Bertz CT molecular complexity index is 1240. The molecule has 2 N–H and O–H groups in total. The van der Waals surface area contributed by atoms with Gasteiger partial charge in [-0.1, -0.05) is 30.7 Å². The number of hydrogen-bond acceptors (Lipinski definition) is 7. The maximum atomic E-state index is 13.1.